The van der Waals surface area contributed by atoms with Gasteiger partial charge in [-0.05, 0) is 37.9 Å². The maximum Gasteiger partial charge on any atom is 0.172 e. The van der Waals surface area contributed by atoms with Crippen molar-refractivity contribution in [3.63, 3.8) is 0 Å². The van der Waals surface area contributed by atoms with Crippen molar-refractivity contribution in [2.45, 2.75) is 27.2 Å². The fraction of sp³-hybridized carbons (Fsp3) is 0.571. The number of rotatable bonds is 3. The van der Waals surface area contributed by atoms with Gasteiger partial charge in [0.2, 0.25) is 0 Å². The number of carbonyl (C=O) groups excluding carboxylic acids is 1. The molecule has 1 aromatic rings. The lowest BCUT2D eigenvalue weighted by Crippen LogP contribution is -2.38. The van der Waals surface area contributed by atoms with Crippen molar-refractivity contribution < 1.29 is 4.79 Å². The van der Waals surface area contributed by atoms with Gasteiger partial charge in [-0.1, -0.05) is 13.8 Å². The number of nitrogens with zero attached hydrogens (tertiary/aromatic N) is 1. The smallest absolute Gasteiger partial charge is 0.172 e. The van der Waals surface area contributed by atoms with E-state index in [2.05, 4.69) is 24.1 Å². The summed E-state index contributed by atoms with van der Waals surface area (Å²) in [7, 11) is 0. The molecule has 3 heteroatoms. The first-order valence-corrected chi connectivity index (χ1v) is 6.24. The standard InChI is InChI=1S/C14H20N2O/c1-10(2)14(6-7-15-9-14)13(17)12-5-4-11(3)16-8-12/h4-5,8,10,15H,6-7,9H2,1-3H3. The Labute approximate surface area is 103 Å². The fourth-order valence-corrected chi connectivity index (χ4v) is 2.55. The molecule has 0 amide bonds. The van der Waals surface area contributed by atoms with Crippen LogP contribution in [0.2, 0.25) is 0 Å². The van der Waals surface area contributed by atoms with Crippen molar-refractivity contribution in [2.24, 2.45) is 11.3 Å². The van der Waals surface area contributed by atoms with Crippen LogP contribution in [-0.4, -0.2) is 23.9 Å². The molecule has 0 saturated carbocycles. The summed E-state index contributed by atoms with van der Waals surface area (Å²) < 4.78 is 0. The third-order valence-corrected chi connectivity index (χ3v) is 3.92. The van der Waals surface area contributed by atoms with Crippen molar-refractivity contribution in [1.29, 1.82) is 0 Å². The summed E-state index contributed by atoms with van der Waals surface area (Å²) in [6.45, 7) is 7.92. The molecule has 1 aliphatic rings. The molecule has 1 unspecified atom stereocenters. The minimum Gasteiger partial charge on any atom is -0.316 e. The van der Waals surface area contributed by atoms with Gasteiger partial charge in [0, 0.05) is 29.4 Å². The molecular formula is C14H20N2O. The molecular weight excluding hydrogens is 212 g/mol. The second-order valence-electron chi connectivity index (χ2n) is 5.25. The van der Waals surface area contributed by atoms with Crippen LogP contribution in [0.1, 0.15) is 36.3 Å². The number of aryl methyl sites for hydroxylation is 1. The second-order valence-corrected chi connectivity index (χ2v) is 5.25. The van der Waals surface area contributed by atoms with E-state index in [1.54, 1.807) is 6.20 Å². The van der Waals surface area contributed by atoms with Crippen molar-refractivity contribution in [1.82, 2.24) is 10.3 Å². The monoisotopic (exact) mass is 232 g/mol. The summed E-state index contributed by atoms with van der Waals surface area (Å²) in [6.07, 6.45) is 2.64. The molecule has 1 N–H and O–H groups in total. The fourth-order valence-electron chi connectivity index (χ4n) is 2.55. The van der Waals surface area contributed by atoms with Crippen LogP contribution < -0.4 is 5.32 Å². The molecule has 1 atom stereocenters. The van der Waals surface area contributed by atoms with Crippen LogP contribution in [0, 0.1) is 18.3 Å². The van der Waals surface area contributed by atoms with E-state index >= 15 is 0 Å². The minimum atomic E-state index is -0.239. The van der Waals surface area contributed by atoms with Gasteiger partial charge in [-0.25, -0.2) is 0 Å². The highest BCUT2D eigenvalue weighted by Gasteiger charge is 2.43. The van der Waals surface area contributed by atoms with Gasteiger partial charge in [0.1, 0.15) is 0 Å². The van der Waals surface area contributed by atoms with Crippen LogP contribution in [0.4, 0.5) is 0 Å². The van der Waals surface area contributed by atoms with Crippen LogP contribution in [0.5, 0.6) is 0 Å². The molecule has 92 valence electrons. The number of carbonyl (C=O) groups is 1. The summed E-state index contributed by atoms with van der Waals surface area (Å²) in [5, 5.41) is 3.32. The average molecular weight is 232 g/mol. The SMILES string of the molecule is Cc1ccc(C(=O)C2(C(C)C)CCNC2)cn1. The largest absolute Gasteiger partial charge is 0.316 e. The van der Waals surface area contributed by atoms with Crippen molar-refractivity contribution in [2.75, 3.05) is 13.1 Å². The summed E-state index contributed by atoms with van der Waals surface area (Å²) in [6, 6.07) is 3.80. The van der Waals surface area contributed by atoms with Gasteiger partial charge in [0.15, 0.2) is 5.78 Å². The van der Waals surface area contributed by atoms with Gasteiger partial charge >= 0.3 is 0 Å². The van der Waals surface area contributed by atoms with Crippen LogP contribution in [0.15, 0.2) is 18.3 Å². The van der Waals surface area contributed by atoms with E-state index < -0.39 is 0 Å². The van der Waals surface area contributed by atoms with E-state index in [0.29, 0.717) is 5.92 Å². The maximum atomic E-state index is 12.6. The molecule has 1 fully saturated rings. The van der Waals surface area contributed by atoms with Gasteiger partial charge in [-0.2, -0.15) is 0 Å². The Hall–Kier alpha value is -1.22. The number of aromatic nitrogens is 1. The Bertz CT molecular complexity index is 403. The molecule has 0 aliphatic carbocycles. The topological polar surface area (TPSA) is 42.0 Å². The normalized spacial score (nSPS) is 24.2. The van der Waals surface area contributed by atoms with Crippen LogP contribution in [0.25, 0.3) is 0 Å². The Kier molecular flexibility index (Phi) is 3.29. The van der Waals surface area contributed by atoms with E-state index in [9.17, 15) is 4.79 Å². The third kappa shape index (κ3) is 2.12. The lowest BCUT2D eigenvalue weighted by atomic mass is 9.71. The zero-order valence-corrected chi connectivity index (χ0v) is 10.8. The zero-order chi connectivity index (χ0) is 12.5. The number of ketones is 1. The maximum absolute atomic E-state index is 12.6. The first-order chi connectivity index (χ1) is 8.06. The quantitative estimate of drug-likeness (QED) is 0.812. The number of Topliss-reactive ketones (excluding diaryl/α,β-unsaturated/α-hetero) is 1. The number of hydrogen-bond acceptors (Lipinski definition) is 3. The van der Waals surface area contributed by atoms with E-state index in [-0.39, 0.29) is 11.2 Å². The minimum absolute atomic E-state index is 0.239. The third-order valence-electron chi connectivity index (χ3n) is 3.92. The Morgan fingerprint density at radius 1 is 1.47 bits per heavy atom. The van der Waals surface area contributed by atoms with Gasteiger partial charge in [-0.15, -0.1) is 0 Å². The lowest BCUT2D eigenvalue weighted by Gasteiger charge is -2.30. The second kappa shape index (κ2) is 4.57. The van der Waals surface area contributed by atoms with Crippen LogP contribution in [-0.2, 0) is 0 Å². The van der Waals surface area contributed by atoms with Gasteiger partial charge in [0.05, 0.1) is 0 Å². The summed E-state index contributed by atoms with van der Waals surface area (Å²) in [4.78, 5) is 16.9. The summed E-state index contributed by atoms with van der Waals surface area (Å²) in [5.74, 6) is 0.594. The predicted molar refractivity (Wildman–Crippen MR) is 68.1 cm³/mol. The molecule has 0 radical (unpaired) electrons. The van der Waals surface area contributed by atoms with Gasteiger partial charge < -0.3 is 5.32 Å². The Balaban J connectivity index is 2.31. The molecule has 1 aromatic heterocycles. The zero-order valence-electron chi connectivity index (χ0n) is 10.8. The molecule has 0 bridgehead atoms. The van der Waals surface area contributed by atoms with Crippen molar-refractivity contribution >= 4 is 5.78 Å². The molecule has 2 rings (SSSR count). The first-order valence-electron chi connectivity index (χ1n) is 6.24. The van der Waals surface area contributed by atoms with Gasteiger partial charge in [0.25, 0.3) is 0 Å². The first kappa shape index (κ1) is 12.2. The molecule has 0 aromatic carbocycles. The van der Waals surface area contributed by atoms with E-state index in [0.717, 1.165) is 30.8 Å². The van der Waals surface area contributed by atoms with E-state index in [1.165, 1.54) is 0 Å². The molecule has 17 heavy (non-hydrogen) atoms. The van der Waals surface area contributed by atoms with Crippen LogP contribution >= 0.6 is 0 Å². The Morgan fingerprint density at radius 3 is 2.71 bits per heavy atom. The summed E-state index contributed by atoms with van der Waals surface area (Å²) in [5.41, 5.74) is 1.45. The average Bonchev–Trinajstić information content (AvgIpc) is 2.79. The number of pyridine rings is 1. The Morgan fingerprint density at radius 2 is 2.24 bits per heavy atom. The van der Waals surface area contributed by atoms with Crippen molar-refractivity contribution in [3.05, 3.63) is 29.6 Å². The number of nitrogens with one attached hydrogen (secondary N) is 1. The van der Waals surface area contributed by atoms with Crippen molar-refractivity contribution in [3.8, 4) is 0 Å². The highest BCUT2D eigenvalue weighted by molar-refractivity contribution is 6.00. The lowest BCUT2D eigenvalue weighted by molar-refractivity contribution is 0.0739. The number of hydrogen-bond donors (Lipinski definition) is 1. The molecule has 0 spiro atoms. The van der Waals surface area contributed by atoms with E-state index in [4.69, 9.17) is 0 Å². The molecule has 2 heterocycles. The highest BCUT2D eigenvalue weighted by Crippen LogP contribution is 2.37. The van der Waals surface area contributed by atoms with E-state index in [1.807, 2.05) is 19.1 Å². The predicted octanol–water partition coefficient (Wildman–Crippen LogP) is 2.21. The molecule has 1 saturated heterocycles. The van der Waals surface area contributed by atoms with Gasteiger partial charge in [-0.3, -0.25) is 9.78 Å². The summed E-state index contributed by atoms with van der Waals surface area (Å²) >= 11 is 0. The molecule has 1 aliphatic heterocycles. The molecule has 3 nitrogen and oxygen atoms in total. The van der Waals surface area contributed by atoms with Crippen LogP contribution in [0.3, 0.4) is 0 Å². The highest BCUT2D eigenvalue weighted by atomic mass is 16.1.